The lowest BCUT2D eigenvalue weighted by Gasteiger charge is -2.22. The Morgan fingerprint density at radius 1 is 1.24 bits per heavy atom. The molecule has 0 radical (unpaired) electrons. The van der Waals surface area contributed by atoms with Crippen molar-refractivity contribution in [1.82, 2.24) is 9.80 Å². The van der Waals surface area contributed by atoms with Crippen molar-refractivity contribution in [2.24, 2.45) is 5.92 Å². The van der Waals surface area contributed by atoms with Crippen LogP contribution in [-0.2, 0) is 10.2 Å². The number of amides is 1. The van der Waals surface area contributed by atoms with E-state index in [1.807, 2.05) is 18.2 Å². The van der Waals surface area contributed by atoms with E-state index in [0.717, 1.165) is 18.5 Å². The van der Waals surface area contributed by atoms with Crippen LogP contribution >= 0.6 is 23.2 Å². The van der Waals surface area contributed by atoms with E-state index in [4.69, 9.17) is 23.2 Å². The Morgan fingerprint density at radius 3 is 2.43 bits per heavy atom. The van der Waals surface area contributed by atoms with Gasteiger partial charge in [0.25, 0.3) is 0 Å². The third-order valence-electron chi connectivity index (χ3n) is 4.28. The molecule has 1 saturated carbocycles. The molecule has 0 saturated heterocycles. The zero-order valence-electron chi connectivity index (χ0n) is 13.0. The summed E-state index contributed by atoms with van der Waals surface area (Å²) >= 11 is 12.2. The molecule has 2 unspecified atom stereocenters. The van der Waals surface area contributed by atoms with Crippen LogP contribution in [-0.4, -0.2) is 50.4 Å². The third-order valence-corrected chi connectivity index (χ3v) is 5.02. The Balaban J connectivity index is 2.29. The number of halogens is 2. The number of hydrogen-bond acceptors (Lipinski definition) is 2. The molecule has 0 N–H and O–H groups in total. The highest BCUT2D eigenvalue weighted by Crippen LogP contribution is 2.57. The highest BCUT2D eigenvalue weighted by Gasteiger charge is 2.56. The first kappa shape index (κ1) is 16.6. The molecule has 0 bridgehead atoms. The second-order valence-corrected chi connectivity index (χ2v) is 7.23. The molecule has 0 spiro atoms. The van der Waals surface area contributed by atoms with Gasteiger partial charge in [-0.3, -0.25) is 4.79 Å². The third kappa shape index (κ3) is 3.53. The normalized spacial score (nSPS) is 24.2. The summed E-state index contributed by atoms with van der Waals surface area (Å²) in [5.74, 6) is 0.635. The summed E-state index contributed by atoms with van der Waals surface area (Å²) in [6.07, 6.45) is 1.54. The van der Waals surface area contributed by atoms with Crippen LogP contribution < -0.4 is 0 Å². The smallest absolute Gasteiger partial charge is 0.222 e. The Bertz CT molecular complexity index is 545. The number of nitrogens with zero attached hydrogens (tertiary/aromatic N) is 2. The average Bonchev–Trinajstić information content (AvgIpc) is 3.05. The summed E-state index contributed by atoms with van der Waals surface area (Å²) < 4.78 is 0. The van der Waals surface area contributed by atoms with Gasteiger partial charge < -0.3 is 9.80 Å². The maximum Gasteiger partial charge on any atom is 0.222 e. The van der Waals surface area contributed by atoms with Crippen molar-refractivity contribution in [3.63, 3.8) is 0 Å². The lowest BCUT2D eigenvalue weighted by molar-refractivity contribution is -0.129. The fourth-order valence-corrected chi connectivity index (χ4v) is 3.26. The predicted octanol–water partition coefficient (Wildman–Crippen LogP) is 3.29. The second kappa shape index (κ2) is 6.15. The fraction of sp³-hybridized carbons (Fsp3) is 0.562. The van der Waals surface area contributed by atoms with Crippen LogP contribution in [0.3, 0.4) is 0 Å². The lowest BCUT2D eigenvalue weighted by Crippen LogP contribution is -2.29. The minimum absolute atomic E-state index is 0.0974. The van der Waals surface area contributed by atoms with E-state index >= 15 is 0 Å². The summed E-state index contributed by atoms with van der Waals surface area (Å²) in [5, 5.41) is 1.11. The molecular formula is C16H22Cl2N2O. The number of hydrogen-bond donors (Lipinski definition) is 0. The fourth-order valence-electron chi connectivity index (χ4n) is 2.97. The summed E-state index contributed by atoms with van der Waals surface area (Å²) in [4.78, 5) is 16.0. The quantitative estimate of drug-likeness (QED) is 0.828. The van der Waals surface area contributed by atoms with Gasteiger partial charge in [-0.15, -0.1) is 0 Å². The van der Waals surface area contributed by atoms with Crippen LogP contribution in [0.1, 0.15) is 18.4 Å². The number of carbonyl (C=O) groups excluding carboxylic acids is 1. The van der Waals surface area contributed by atoms with Crippen LogP contribution in [0.2, 0.25) is 10.0 Å². The maximum atomic E-state index is 12.2. The van der Waals surface area contributed by atoms with Crippen molar-refractivity contribution in [1.29, 1.82) is 0 Å². The SMILES string of the molecule is CN(C)CC1CC1(CC(=O)N(C)C)c1ccc(Cl)c(Cl)c1. The van der Waals surface area contributed by atoms with E-state index in [1.54, 1.807) is 19.0 Å². The Labute approximate surface area is 136 Å². The number of rotatable bonds is 5. The van der Waals surface area contributed by atoms with Crippen LogP contribution in [0.15, 0.2) is 18.2 Å². The van der Waals surface area contributed by atoms with E-state index in [2.05, 4.69) is 19.0 Å². The lowest BCUT2D eigenvalue weighted by atomic mass is 9.89. The van der Waals surface area contributed by atoms with Crippen molar-refractivity contribution >= 4 is 29.1 Å². The molecule has 1 fully saturated rings. The molecule has 3 nitrogen and oxygen atoms in total. The van der Waals surface area contributed by atoms with Crippen LogP contribution in [0.5, 0.6) is 0 Å². The van der Waals surface area contributed by atoms with Gasteiger partial charge >= 0.3 is 0 Å². The monoisotopic (exact) mass is 328 g/mol. The number of carbonyl (C=O) groups is 1. The Hall–Kier alpha value is -0.770. The molecule has 21 heavy (non-hydrogen) atoms. The van der Waals surface area contributed by atoms with Gasteiger partial charge in [-0.1, -0.05) is 29.3 Å². The second-order valence-electron chi connectivity index (χ2n) is 6.41. The molecule has 1 aromatic rings. The van der Waals surface area contributed by atoms with E-state index in [9.17, 15) is 4.79 Å². The molecule has 1 aliphatic rings. The summed E-state index contributed by atoms with van der Waals surface area (Å²) in [6.45, 7) is 0.973. The van der Waals surface area contributed by atoms with Gasteiger partial charge in [0.15, 0.2) is 0 Å². The summed E-state index contributed by atoms with van der Waals surface area (Å²) in [7, 11) is 7.72. The molecule has 116 valence electrons. The topological polar surface area (TPSA) is 23.6 Å². The first-order valence-corrected chi connectivity index (χ1v) is 7.82. The Morgan fingerprint density at radius 2 is 1.90 bits per heavy atom. The van der Waals surface area contributed by atoms with Gasteiger partial charge in [-0.2, -0.15) is 0 Å². The number of benzene rings is 1. The Kier molecular flexibility index (Phi) is 4.86. The standard InChI is InChI=1S/C16H22Cl2N2O/c1-19(2)10-12-8-16(12,9-15(21)20(3)4)11-5-6-13(17)14(18)7-11/h5-7,12H,8-10H2,1-4H3. The van der Waals surface area contributed by atoms with Gasteiger partial charge in [0.2, 0.25) is 5.91 Å². The van der Waals surface area contributed by atoms with Gasteiger partial charge in [0.05, 0.1) is 10.0 Å². The average molecular weight is 329 g/mol. The van der Waals surface area contributed by atoms with Crippen molar-refractivity contribution in [2.75, 3.05) is 34.7 Å². The van der Waals surface area contributed by atoms with E-state index in [0.29, 0.717) is 22.4 Å². The molecule has 2 rings (SSSR count). The van der Waals surface area contributed by atoms with Gasteiger partial charge in [-0.25, -0.2) is 0 Å². The van der Waals surface area contributed by atoms with Crippen molar-refractivity contribution in [2.45, 2.75) is 18.3 Å². The minimum Gasteiger partial charge on any atom is -0.349 e. The van der Waals surface area contributed by atoms with Crippen LogP contribution in [0.25, 0.3) is 0 Å². The molecule has 1 aliphatic carbocycles. The van der Waals surface area contributed by atoms with Gasteiger partial charge in [-0.05, 0) is 44.1 Å². The predicted molar refractivity (Wildman–Crippen MR) is 88.1 cm³/mol. The van der Waals surface area contributed by atoms with Crippen LogP contribution in [0, 0.1) is 5.92 Å². The molecule has 0 heterocycles. The first-order valence-electron chi connectivity index (χ1n) is 7.06. The van der Waals surface area contributed by atoms with E-state index in [-0.39, 0.29) is 11.3 Å². The zero-order chi connectivity index (χ0) is 15.8. The highest BCUT2D eigenvalue weighted by atomic mass is 35.5. The van der Waals surface area contributed by atoms with Crippen LogP contribution in [0.4, 0.5) is 0 Å². The van der Waals surface area contributed by atoms with Gasteiger partial charge in [0, 0.05) is 32.5 Å². The molecule has 0 aromatic heterocycles. The molecule has 2 atom stereocenters. The van der Waals surface area contributed by atoms with Gasteiger partial charge in [0.1, 0.15) is 0 Å². The van der Waals surface area contributed by atoms with Crippen molar-refractivity contribution in [3.8, 4) is 0 Å². The zero-order valence-corrected chi connectivity index (χ0v) is 14.5. The largest absolute Gasteiger partial charge is 0.349 e. The molecule has 5 heteroatoms. The summed E-state index contributed by atoms with van der Waals surface area (Å²) in [5.41, 5.74) is 1.03. The van der Waals surface area contributed by atoms with Crippen molar-refractivity contribution in [3.05, 3.63) is 33.8 Å². The minimum atomic E-state index is -0.0974. The first-order chi connectivity index (χ1) is 9.76. The van der Waals surface area contributed by atoms with E-state index < -0.39 is 0 Å². The molecule has 0 aliphatic heterocycles. The highest BCUT2D eigenvalue weighted by molar-refractivity contribution is 6.42. The van der Waals surface area contributed by atoms with Crippen molar-refractivity contribution < 1.29 is 4.79 Å². The molecule has 1 aromatic carbocycles. The van der Waals surface area contributed by atoms with E-state index in [1.165, 1.54) is 0 Å². The molecular weight excluding hydrogens is 307 g/mol. The summed E-state index contributed by atoms with van der Waals surface area (Å²) in [6, 6.07) is 5.75. The maximum absolute atomic E-state index is 12.2. The molecule has 1 amide bonds.